The summed E-state index contributed by atoms with van der Waals surface area (Å²) in [6, 6.07) is 5.95. The van der Waals surface area contributed by atoms with E-state index < -0.39 is 6.10 Å². The molecule has 0 bridgehead atoms. The van der Waals surface area contributed by atoms with Crippen molar-refractivity contribution in [2.24, 2.45) is 0 Å². The van der Waals surface area contributed by atoms with Gasteiger partial charge in [0, 0.05) is 25.2 Å². The fourth-order valence-corrected chi connectivity index (χ4v) is 3.80. The van der Waals surface area contributed by atoms with Crippen LogP contribution in [0.25, 0.3) is 0 Å². The lowest BCUT2D eigenvalue weighted by atomic mass is 10.1. The number of methoxy groups -OCH3 is 1. The van der Waals surface area contributed by atoms with Crippen molar-refractivity contribution in [3.63, 3.8) is 0 Å². The molecule has 7 heteroatoms. The third-order valence-electron chi connectivity index (χ3n) is 5.39. The van der Waals surface area contributed by atoms with E-state index in [0.29, 0.717) is 18.0 Å². The molecular formula is C22H33N3O4. The van der Waals surface area contributed by atoms with Crippen molar-refractivity contribution >= 4 is 0 Å². The molecule has 0 aliphatic carbocycles. The van der Waals surface area contributed by atoms with Gasteiger partial charge in [0.25, 0.3) is 0 Å². The average molecular weight is 404 g/mol. The number of nitrogens with zero attached hydrogens (tertiary/aromatic N) is 3. The molecule has 2 aromatic rings. The minimum Gasteiger partial charge on any atom is -0.493 e. The smallest absolute Gasteiger partial charge is 0.161 e. The van der Waals surface area contributed by atoms with E-state index >= 15 is 0 Å². The van der Waals surface area contributed by atoms with Crippen LogP contribution in [-0.4, -0.2) is 66.6 Å². The van der Waals surface area contributed by atoms with Gasteiger partial charge in [-0.1, -0.05) is 11.2 Å². The minimum absolute atomic E-state index is 0.262. The number of rotatable bonds is 10. The lowest BCUT2D eigenvalue weighted by Gasteiger charge is -2.21. The highest BCUT2D eigenvalue weighted by Crippen LogP contribution is 2.29. The zero-order chi connectivity index (χ0) is 20.8. The molecule has 1 aromatic carbocycles. The van der Waals surface area contributed by atoms with E-state index in [0.717, 1.165) is 48.8 Å². The first-order chi connectivity index (χ1) is 14.0. The van der Waals surface area contributed by atoms with Gasteiger partial charge in [-0.25, -0.2) is 0 Å². The van der Waals surface area contributed by atoms with Gasteiger partial charge in [0.15, 0.2) is 11.5 Å². The molecule has 2 heterocycles. The Hall–Kier alpha value is -2.09. The van der Waals surface area contributed by atoms with Gasteiger partial charge >= 0.3 is 0 Å². The highest BCUT2D eigenvalue weighted by Gasteiger charge is 2.17. The molecule has 1 N–H and O–H groups in total. The summed E-state index contributed by atoms with van der Waals surface area (Å²) in [6.07, 6.45) is 1.93. The predicted molar refractivity (Wildman–Crippen MR) is 111 cm³/mol. The third-order valence-corrected chi connectivity index (χ3v) is 5.39. The average Bonchev–Trinajstić information content (AvgIpc) is 3.32. The molecule has 1 atom stereocenters. The summed E-state index contributed by atoms with van der Waals surface area (Å²) in [6.45, 7) is 8.49. The Morgan fingerprint density at radius 1 is 1.21 bits per heavy atom. The van der Waals surface area contributed by atoms with Crippen LogP contribution in [0.2, 0.25) is 0 Å². The molecule has 0 radical (unpaired) electrons. The van der Waals surface area contributed by atoms with Crippen LogP contribution in [0.3, 0.4) is 0 Å². The number of ether oxygens (including phenoxy) is 2. The lowest BCUT2D eigenvalue weighted by Crippen LogP contribution is -2.33. The van der Waals surface area contributed by atoms with Gasteiger partial charge in [-0.05, 0) is 64.5 Å². The molecule has 3 rings (SSSR count). The van der Waals surface area contributed by atoms with Gasteiger partial charge in [-0.3, -0.25) is 4.90 Å². The molecule has 1 fully saturated rings. The Kier molecular flexibility index (Phi) is 7.52. The fourth-order valence-electron chi connectivity index (χ4n) is 3.80. The van der Waals surface area contributed by atoms with Gasteiger partial charge in [-0.15, -0.1) is 0 Å². The SMILES string of the molecule is COc1cc(CN(C)Cc2c(C)noc2C)ccc1OCC(O)CN1CCCC1. The molecule has 1 aliphatic heterocycles. The molecule has 29 heavy (non-hydrogen) atoms. The third kappa shape index (κ3) is 5.95. The molecule has 1 aromatic heterocycles. The van der Waals surface area contributed by atoms with E-state index in [9.17, 15) is 5.11 Å². The van der Waals surface area contributed by atoms with Crippen LogP contribution in [0.1, 0.15) is 35.4 Å². The molecule has 0 saturated carbocycles. The first kappa shape index (κ1) is 21.6. The van der Waals surface area contributed by atoms with Gasteiger partial charge in [0.05, 0.1) is 12.8 Å². The Balaban J connectivity index is 1.55. The van der Waals surface area contributed by atoms with E-state index in [-0.39, 0.29) is 6.61 Å². The Morgan fingerprint density at radius 3 is 2.62 bits per heavy atom. The zero-order valence-electron chi connectivity index (χ0n) is 18.0. The number of aryl methyl sites for hydroxylation is 2. The van der Waals surface area contributed by atoms with Crippen molar-refractivity contribution in [1.29, 1.82) is 0 Å². The molecule has 0 spiro atoms. The minimum atomic E-state index is -0.501. The number of aromatic nitrogens is 1. The molecule has 1 saturated heterocycles. The monoisotopic (exact) mass is 403 g/mol. The van der Waals surface area contributed by atoms with Gasteiger partial charge in [-0.2, -0.15) is 0 Å². The second-order valence-corrected chi connectivity index (χ2v) is 7.93. The molecule has 0 amide bonds. The summed E-state index contributed by atoms with van der Waals surface area (Å²) >= 11 is 0. The Labute approximate surface area is 173 Å². The van der Waals surface area contributed by atoms with Gasteiger partial charge in [0.2, 0.25) is 0 Å². The molecule has 160 valence electrons. The number of β-amino-alcohol motifs (C(OH)–C–C–N with tert-alkyl or cyclic N) is 1. The van der Waals surface area contributed by atoms with Crippen molar-refractivity contribution in [3.8, 4) is 11.5 Å². The molecule has 1 unspecified atom stereocenters. The normalized spacial score (nSPS) is 15.8. The van der Waals surface area contributed by atoms with Gasteiger partial charge in [0.1, 0.15) is 18.5 Å². The van der Waals surface area contributed by atoms with Crippen LogP contribution in [0, 0.1) is 13.8 Å². The maximum absolute atomic E-state index is 10.2. The Bertz CT molecular complexity index is 767. The quantitative estimate of drug-likeness (QED) is 0.654. The van der Waals surface area contributed by atoms with E-state index in [2.05, 4.69) is 22.0 Å². The second-order valence-electron chi connectivity index (χ2n) is 7.93. The number of likely N-dealkylation sites (tertiary alicyclic amines) is 1. The maximum Gasteiger partial charge on any atom is 0.161 e. The standard InChI is InChI=1S/C22H33N3O4/c1-16-20(17(2)29-23-16)14-24(3)12-18-7-8-21(22(11-18)27-4)28-15-19(26)13-25-9-5-6-10-25/h7-8,11,19,26H,5-6,9-10,12-15H2,1-4H3. The molecule has 7 nitrogen and oxygen atoms in total. The van der Waals surface area contributed by atoms with Gasteiger partial charge < -0.3 is 24.0 Å². The number of hydrogen-bond acceptors (Lipinski definition) is 7. The van der Waals surface area contributed by atoms with E-state index in [1.165, 1.54) is 12.8 Å². The van der Waals surface area contributed by atoms with Crippen LogP contribution < -0.4 is 9.47 Å². The number of aliphatic hydroxyl groups excluding tert-OH is 1. The summed E-state index contributed by atoms with van der Waals surface area (Å²) in [5.41, 5.74) is 3.19. The topological polar surface area (TPSA) is 71.2 Å². The summed E-state index contributed by atoms with van der Waals surface area (Å²) < 4.78 is 16.6. The van der Waals surface area contributed by atoms with Crippen molar-refractivity contribution in [2.75, 3.05) is 40.4 Å². The van der Waals surface area contributed by atoms with E-state index in [4.69, 9.17) is 14.0 Å². The van der Waals surface area contributed by atoms with Crippen molar-refractivity contribution < 1.29 is 19.1 Å². The molecular weight excluding hydrogens is 370 g/mol. The first-order valence-corrected chi connectivity index (χ1v) is 10.3. The van der Waals surface area contributed by atoms with Crippen LogP contribution >= 0.6 is 0 Å². The Morgan fingerprint density at radius 2 is 1.97 bits per heavy atom. The highest BCUT2D eigenvalue weighted by molar-refractivity contribution is 5.43. The lowest BCUT2D eigenvalue weighted by molar-refractivity contribution is 0.0747. The zero-order valence-corrected chi connectivity index (χ0v) is 18.0. The van der Waals surface area contributed by atoms with Crippen LogP contribution in [0.5, 0.6) is 11.5 Å². The molecule has 1 aliphatic rings. The summed E-state index contributed by atoms with van der Waals surface area (Å²) in [5, 5.41) is 14.3. The summed E-state index contributed by atoms with van der Waals surface area (Å²) in [4.78, 5) is 4.49. The predicted octanol–water partition coefficient (Wildman–Crippen LogP) is 2.77. The van der Waals surface area contributed by atoms with Crippen LogP contribution in [0.4, 0.5) is 0 Å². The maximum atomic E-state index is 10.2. The summed E-state index contributed by atoms with van der Waals surface area (Å²) in [5.74, 6) is 2.20. The van der Waals surface area contributed by atoms with Crippen LogP contribution in [-0.2, 0) is 13.1 Å². The number of benzene rings is 1. The number of aliphatic hydroxyl groups is 1. The van der Waals surface area contributed by atoms with Crippen molar-refractivity contribution in [3.05, 3.63) is 40.8 Å². The largest absolute Gasteiger partial charge is 0.493 e. The van der Waals surface area contributed by atoms with Crippen LogP contribution in [0.15, 0.2) is 22.7 Å². The second kappa shape index (κ2) is 10.1. The van der Waals surface area contributed by atoms with E-state index in [1.54, 1.807) is 7.11 Å². The number of hydrogen-bond donors (Lipinski definition) is 1. The highest BCUT2D eigenvalue weighted by atomic mass is 16.5. The van der Waals surface area contributed by atoms with Crippen molar-refractivity contribution in [1.82, 2.24) is 15.0 Å². The van der Waals surface area contributed by atoms with Crippen molar-refractivity contribution in [2.45, 2.75) is 45.9 Å². The summed E-state index contributed by atoms with van der Waals surface area (Å²) in [7, 11) is 3.71. The van der Waals surface area contributed by atoms with E-state index in [1.807, 2.05) is 32.0 Å². The first-order valence-electron chi connectivity index (χ1n) is 10.3. The fraction of sp³-hybridized carbons (Fsp3) is 0.591.